The number of nitriles is 1. The molecule has 1 rings (SSSR count). The van der Waals surface area contributed by atoms with Crippen molar-refractivity contribution in [3.8, 4) is 6.07 Å². The van der Waals surface area contributed by atoms with E-state index >= 15 is 0 Å². The molecule has 0 amide bonds. The summed E-state index contributed by atoms with van der Waals surface area (Å²) in [6, 6.07) is 1.51. The molecule has 16 heavy (non-hydrogen) atoms. The average Bonchev–Trinajstić information content (AvgIpc) is 2.14. The quantitative estimate of drug-likeness (QED) is 0.783. The first-order chi connectivity index (χ1) is 7.29. The van der Waals surface area contributed by atoms with Gasteiger partial charge in [0, 0.05) is 16.9 Å². The minimum absolute atomic E-state index is 0.342. The lowest BCUT2D eigenvalue weighted by Crippen LogP contribution is -2.04. The molecule has 0 N–H and O–H groups in total. The third-order valence-corrected chi connectivity index (χ3v) is 3.44. The van der Waals surface area contributed by atoms with Crippen LogP contribution in [0.4, 0.5) is 8.78 Å². The molecule has 0 radical (unpaired) electrons. The van der Waals surface area contributed by atoms with Crippen LogP contribution >= 0.6 is 22.3 Å². The summed E-state index contributed by atoms with van der Waals surface area (Å²) in [6.07, 6.45) is -2.40. The monoisotopic (exact) mass is 286 g/mol. The van der Waals surface area contributed by atoms with E-state index in [1.54, 1.807) is 0 Å². The van der Waals surface area contributed by atoms with Gasteiger partial charge in [-0.15, -0.1) is 0 Å². The third kappa shape index (κ3) is 2.40. The Kier molecular flexibility index (Phi) is 3.68. The van der Waals surface area contributed by atoms with Gasteiger partial charge in [0.1, 0.15) is 16.7 Å². The third-order valence-electron chi connectivity index (χ3n) is 1.57. The fourth-order valence-electron chi connectivity index (χ4n) is 0.949. The number of halogens is 4. The van der Waals surface area contributed by atoms with Crippen LogP contribution in [-0.4, -0.2) is 13.4 Å². The number of pyridine rings is 1. The van der Waals surface area contributed by atoms with Crippen molar-refractivity contribution >= 4 is 31.3 Å². The maximum absolute atomic E-state index is 12.4. The van der Waals surface area contributed by atoms with Gasteiger partial charge in [0.25, 0.3) is 15.5 Å². The summed E-state index contributed by atoms with van der Waals surface area (Å²) in [5.41, 5.74) is -1.41. The van der Waals surface area contributed by atoms with Gasteiger partial charge in [-0.05, 0) is 0 Å². The largest absolute Gasteiger partial charge is 0.281 e. The van der Waals surface area contributed by atoms with Crippen LogP contribution in [0.25, 0.3) is 0 Å². The molecule has 0 aliphatic rings. The standard InChI is InChI=1S/C7H2Cl2F2N2O2S/c8-4-3(1-12)2-13-5(7(10)11)6(4)16(9,14)15/h2,7H. The Morgan fingerprint density at radius 2 is 2.06 bits per heavy atom. The summed E-state index contributed by atoms with van der Waals surface area (Å²) in [5.74, 6) is 0. The lowest BCUT2D eigenvalue weighted by Gasteiger charge is -2.07. The summed E-state index contributed by atoms with van der Waals surface area (Å²) in [7, 11) is 0.452. The molecule has 0 aliphatic heterocycles. The maximum Gasteiger partial charge on any atom is 0.281 e. The molecule has 0 saturated carbocycles. The zero-order valence-corrected chi connectivity index (χ0v) is 9.61. The van der Waals surface area contributed by atoms with Gasteiger partial charge in [-0.2, -0.15) is 5.26 Å². The Labute approximate surface area is 98.8 Å². The zero-order valence-electron chi connectivity index (χ0n) is 7.29. The molecule has 1 aromatic rings. The van der Waals surface area contributed by atoms with Crippen molar-refractivity contribution in [3.05, 3.63) is 22.5 Å². The Morgan fingerprint density at radius 1 is 1.50 bits per heavy atom. The first-order valence-corrected chi connectivity index (χ1v) is 6.29. The molecule has 0 aliphatic carbocycles. The van der Waals surface area contributed by atoms with Crippen molar-refractivity contribution < 1.29 is 17.2 Å². The highest BCUT2D eigenvalue weighted by atomic mass is 35.7. The van der Waals surface area contributed by atoms with Crippen LogP contribution in [0.2, 0.25) is 5.02 Å². The van der Waals surface area contributed by atoms with Gasteiger partial charge in [-0.3, -0.25) is 4.98 Å². The first-order valence-electron chi connectivity index (χ1n) is 3.60. The number of rotatable bonds is 2. The summed E-state index contributed by atoms with van der Waals surface area (Å²) < 4.78 is 47.0. The topological polar surface area (TPSA) is 70.8 Å². The van der Waals surface area contributed by atoms with Gasteiger partial charge >= 0.3 is 0 Å². The fraction of sp³-hybridized carbons (Fsp3) is 0.143. The zero-order chi connectivity index (χ0) is 12.5. The Morgan fingerprint density at radius 3 is 2.44 bits per heavy atom. The van der Waals surface area contributed by atoms with E-state index in [-0.39, 0.29) is 5.56 Å². The number of hydrogen-bond acceptors (Lipinski definition) is 4. The first kappa shape index (κ1) is 13.1. The Hall–Kier alpha value is -0.970. The second-order valence-electron chi connectivity index (χ2n) is 2.55. The predicted molar refractivity (Wildman–Crippen MR) is 52.0 cm³/mol. The number of aromatic nitrogens is 1. The normalized spacial score (nSPS) is 11.5. The van der Waals surface area contributed by atoms with E-state index in [0.717, 1.165) is 6.20 Å². The van der Waals surface area contributed by atoms with Crippen LogP contribution in [0.15, 0.2) is 11.1 Å². The van der Waals surface area contributed by atoms with E-state index in [0.29, 0.717) is 0 Å². The molecule has 0 saturated heterocycles. The molecule has 1 heterocycles. The van der Waals surface area contributed by atoms with E-state index in [2.05, 4.69) is 4.98 Å². The Balaban J connectivity index is 3.72. The molecule has 0 unspecified atom stereocenters. The van der Waals surface area contributed by atoms with Crippen molar-refractivity contribution in [1.29, 1.82) is 5.26 Å². The van der Waals surface area contributed by atoms with E-state index in [4.69, 9.17) is 27.5 Å². The van der Waals surface area contributed by atoms with Crippen molar-refractivity contribution in [3.63, 3.8) is 0 Å². The van der Waals surface area contributed by atoms with E-state index in [1.807, 2.05) is 0 Å². The van der Waals surface area contributed by atoms with Crippen LogP contribution in [0.3, 0.4) is 0 Å². The van der Waals surface area contributed by atoms with Gasteiger partial charge < -0.3 is 0 Å². The average molecular weight is 287 g/mol. The number of hydrogen-bond donors (Lipinski definition) is 0. The maximum atomic E-state index is 12.4. The van der Waals surface area contributed by atoms with Crippen molar-refractivity contribution in [1.82, 2.24) is 4.98 Å². The minimum Gasteiger partial charge on any atom is -0.252 e. The second kappa shape index (κ2) is 4.49. The van der Waals surface area contributed by atoms with E-state index in [9.17, 15) is 17.2 Å². The summed E-state index contributed by atoms with van der Waals surface area (Å²) in [5, 5.41) is 7.89. The second-order valence-corrected chi connectivity index (χ2v) is 5.43. The molecule has 4 nitrogen and oxygen atoms in total. The summed E-state index contributed by atoms with van der Waals surface area (Å²) >= 11 is 5.48. The fourth-order valence-corrected chi connectivity index (χ4v) is 2.74. The van der Waals surface area contributed by atoms with Crippen LogP contribution < -0.4 is 0 Å². The summed E-state index contributed by atoms with van der Waals surface area (Å²) in [4.78, 5) is 2.13. The molecule has 0 fully saturated rings. The van der Waals surface area contributed by atoms with Gasteiger partial charge in [-0.1, -0.05) is 11.6 Å². The lowest BCUT2D eigenvalue weighted by molar-refractivity contribution is 0.142. The van der Waals surface area contributed by atoms with Crippen molar-refractivity contribution in [2.24, 2.45) is 0 Å². The number of alkyl halides is 2. The molecular weight excluding hydrogens is 285 g/mol. The molecule has 9 heteroatoms. The van der Waals surface area contributed by atoms with Crippen molar-refractivity contribution in [2.75, 3.05) is 0 Å². The SMILES string of the molecule is N#Cc1cnc(C(F)F)c(S(=O)(=O)Cl)c1Cl. The molecule has 0 aromatic carbocycles. The lowest BCUT2D eigenvalue weighted by atomic mass is 10.2. The van der Waals surface area contributed by atoms with Gasteiger partial charge in [-0.25, -0.2) is 17.2 Å². The highest BCUT2D eigenvalue weighted by molar-refractivity contribution is 8.13. The highest BCUT2D eigenvalue weighted by Crippen LogP contribution is 2.34. The van der Waals surface area contributed by atoms with Crippen LogP contribution in [-0.2, 0) is 9.05 Å². The number of nitrogens with zero attached hydrogens (tertiary/aromatic N) is 2. The molecule has 0 bridgehead atoms. The molecule has 0 spiro atoms. The van der Waals surface area contributed by atoms with Crippen LogP contribution in [0, 0.1) is 11.3 Å². The molecular formula is C7H2Cl2F2N2O2S. The highest BCUT2D eigenvalue weighted by Gasteiger charge is 2.28. The van der Waals surface area contributed by atoms with Crippen molar-refractivity contribution in [2.45, 2.75) is 11.3 Å². The van der Waals surface area contributed by atoms with Crippen LogP contribution in [0.1, 0.15) is 17.7 Å². The van der Waals surface area contributed by atoms with Gasteiger partial charge in [0.05, 0.1) is 10.6 Å². The predicted octanol–water partition coefficient (Wildman–Crippen LogP) is 2.47. The molecule has 0 atom stereocenters. The van der Waals surface area contributed by atoms with E-state index in [1.165, 1.54) is 6.07 Å². The van der Waals surface area contributed by atoms with E-state index < -0.39 is 31.1 Å². The Bertz CT molecular complexity index is 568. The van der Waals surface area contributed by atoms with Crippen LogP contribution in [0.5, 0.6) is 0 Å². The molecule has 1 aromatic heterocycles. The minimum atomic E-state index is -4.50. The van der Waals surface area contributed by atoms with Gasteiger partial charge in [0.15, 0.2) is 0 Å². The molecule has 86 valence electrons. The summed E-state index contributed by atoms with van der Waals surface area (Å²) in [6.45, 7) is 0. The smallest absolute Gasteiger partial charge is 0.252 e. The van der Waals surface area contributed by atoms with Gasteiger partial charge in [0.2, 0.25) is 0 Å².